The number of pyridine rings is 1. The van der Waals surface area contributed by atoms with Gasteiger partial charge in [0.25, 0.3) is 0 Å². The third-order valence-electron chi connectivity index (χ3n) is 4.92. The number of hydrogen-bond acceptors (Lipinski definition) is 3. The van der Waals surface area contributed by atoms with Gasteiger partial charge in [-0.2, -0.15) is 0 Å². The summed E-state index contributed by atoms with van der Waals surface area (Å²) in [7, 11) is 0. The van der Waals surface area contributed by atoms with Crippen LogP contribution in [0.15, 0.2) is 71.5 Å². The zero-order chi connectivity index (χ0) is 22.8. The van der Waals surface area contributed by atoms with E-state index in [0.29, 0.717) is 17.0 Å². The van der Waals surface area contributed by atoms with Crippen LogP contribution in [0.25, 0.3) is 16.9 Å². The van der Waals surface area contributed by atoms with Crippen LogP contribution in [0, 0.1) is 18.6 Å². The van der Waals surface area contributed by atoms with Crippen molar-refractivity contribution in [3.63, 3.8) is 0 Å². The van der Waals surface area contributed by atoms with E-state index in [2.05, 4.69) is 20.9 Å². The van der Waals surface area contributed by atoms with Crippen LogP contribution >= 0.6 is 15.9 Å². The number of carboxylic acids is 1. The fraction of sp³-hybridized carbons (Fsp3) is 0.0833. The van der Waals surface area contributed by atoms with E-state index in [1.54, 1.807) is 18.3 Å². The molecule has 2 aromatic carbocycles. The van der Waals surface area contributed by atoms with E-state index in [-0.39, 0.29) is 17.7 Å². The van der Waals surface area contributed by atoms with Crippen molar-refractivity contribution in [3.05, 3.63) is 99.9 Å². The molecular formula is C24H17BrF2N2O3. The van der Waals surface area contributed by atoms with Crippen LogP contribution in [-0.4, -0.2) is 20.6 Å². The highest BCUT2D eigenvalue weighted by Gasteiger charge is 2.17. The second kappa shape index (κ2) is 8.92. The summed E-state index contributed by atoms with van der Waals surface area (Å²) in [6.07, 6.45) is 2.87. The summed E-state index contributed by atoms with van der Waals surface area (Å²) in [6.45, 7) is 1.81. The molecule has 0 aliphatic heterocycles. The Labute approximate surface area is 191 Å². The van der Waals surface area contributed by atoms with E-state index in [1.165, 1.54) is 24.4 Å². The lowest BCUT2D eigenvalue weighted by atomic mass is 10.1. The van der Waals surface area contributed by atoms with Crippen molar-refractivity contribution >= 4 is 21.9 Å². The molecule has 0 bridgehead atoms. The Bertz CT molecular complexity index is 1320. The highest BCUT2D eigenvalue weighted by Crippen LogP contribution is 2.36. The van der Waals surface area contributed by atoms with Crippen LogP contribution in [0.1, 0.15) is 21.6 Å². The van der Waals surface area contributed by atoms with Crippen molar-refractivity contribution < 1.29 is 23.4 Å². The molecule has 0 amide bonds. The van der Waals surface area contributed by atoms with Gasteiger partial charge >= 0.3 is 5.97 Å². The Morgan fingerprint density at radius 1 is 1.09 bits per heavy atom. The minimum Gasteiger partial charge on any atom is -0.488 e. The predicted octanol–water partition coefficient (Wildman–Crippen LogP) is 6.17. The second-order valence-corrected chi connectivity index (χ2v) is 8.01. The number of carbonyl (C=O) groups is 1. The summed E-state index contributed by atoms with van der Waals surface area (Å²) >= 11 is 3.47. The quantitative estimate of drug-likeness (QED) is 0.345. The lowest BCUT2D eigenvalue weighted by Gasteiger charge is -2.16. The molecule has 32 heavy (non-hydrogen) atoms. The zero-order valence-corrected chi connectivity index (χ0v) is 18.4. The van der Waals surface area contributed by atoms with Crippen LogP contribution in [0.3, 0.4) is 0 Å². The average Bonchev–Trinajstić information content (AvgIpc) is 3.15. The number of carboxylic acid groups (broad SMARTS) is 1. The van der Waals surface area contributed by atoms with E-state index in [1.807, 2.05) is 29.7 Å². The van der Waals surface area contributed by atoms with Crippen molar-refractivity contribution in [2.45, 2.75) is 13.5 Å². The topological polar surface area (TPSA) is 64.4 Å². The van der Waals surface area contributed by atoms with Crippen molar-refractivity contribution in [3.8, 4) is 22.7 Å². The fourth-order valence-corrected chi connectivity index (χ4v) is 3.74. The SMILES string of the molecule is Cc1ccc(-c2cc(Br)ccc2OCc2ccc(F)cc2F)n1-c1cncc(C(=O)O)c1. The zero-order valence-electron chi connectivity index (χ0n) is 16.8. The van der Waals surface area contributed by atoms with Crippen molar-refractivity contribution in [2.24, 2.45) is 0 Å². The van der Waals surface area contributed by atoms with Gasteiger partial charge in [-0.25, -0.2) is 13.6 Å². The third-order valence-corrected chi connectivity index (χ3v) is 5.41. The molecule has 0 aliphatic carbocycles. The van der Waals surface area contributed by atoms with Crippen LogP contribution in [-0.2, 0) is 6.61 Å². The number of nitrogens with zero attached hydrogens (tertiary/aromatic N) is 2. The highest BCUT2D eigenvalue weighted by atomic mass is 79.9. The first-order valence-electron chi connectivity index (χ1n) is 9.57. The van der Waals surface area contributed by atoms with Crippen LogP contribution < -0.4 is 4.74 Å². The van der Waals surface area contributed by atoms with Gasteiger partial charge in [0.1, 0.15) is 24.0 Å². The Morgan fingerprint density at radius 2 is 1.91 bits per heavy atom. The Morgan fingerprint density at radius 3 is 2.66 bits per heavy atom. The summed E-state index contributed by atoms with van der Waals surface area (Å²) < 4.78 is 35.8. The summed E-state index contributed by atoms with van der Waals surface area (Å²) in [5.74, 6) is -1.92. The largest absolute Gasteiger partial charge is 0.488 e. The molecule has 0 aliphatic rings. The molecule has 0 fully saturated rings. The maximum atomic E-state index is 14.0. The number of hydrogen-bond donors (Lipinski definition) is 1. The summed E-state index contributed by atoms with van der Waals surface area (Å²) in [5.41, 5.74) is 3.18. The highest BCUT2D eigenvalue weighted by molar-refractivity contribution is 9.10. The smallest absolute Gasteiger partial charge is 0.337 e. The standard InChI is InChI=1S/C24H17BrF2N2O3/c1-14-2-6-22(29(14)19-8-16(24(30)31)11-28-12-19)20-9-17(25)4-7-23(20)32-13-15-3-5-18(26)10-21(15)27/h2-12H,13H2,1H3,(H,30,31). The third kappa shape index (κ3) is 4.40. The van der Waals surface area contributed by atoms with Crippen LogP contribution in [0.4, 0.5) is 8.78 Å². The Balaban J connectivity index is 1.76. The lowest BCUT2D eigenvalue weighted by Crippen LogP contribution is -2.05. The summed E-state index contributed by atoms with van der Waals surface area (Å²) in [5, 5.41) is 9.33. The van der Waals surface area contributed by atoms with Gasteiger partial charge in [-0.3, -0.25) is 4.98 Å². The molecule has 0 atom stereocenters. The van der Waals surface area contributed by atoms with Gasteiger partial charge in [-0.05, 0) is 55.5 Å². The van der Waals surface area contributed by atoms with E-state index in [9.17, 15) is 18.7 Å². The van der Waals surface area contributed by atoms with E-state index >= 15 is 0 Å². The molecule has 2 heterocycles. The van der Waals surface area contributed by atoms with Crippen LogP contribution in [0.5, 0.6) is 5.75 Å². The lowest BCUT2D eigenvalue weighted by molar-refractivity contribution is 0.0696. The first kappa shape index (κ1) is 21.7. The molecule has 0 saturated carbocycles. The molecule has 0 radical (unpaired) electrons. The monoisotopic (exact) mass is 498 g/mol. The van der Waals surface area contributed by atoms with Gasteiger partial charge in [0.05, 0.1) is 23.1 Å². The van der Waals surface area contributed by atoms with Crippen molar-refractivity contribution in [1.29, 1.82) is 0 Å². The van der Waals surface area contributed by atoms with Gasteiger partial charge < -0.3 is 14.4 Å². The molecule has 8 heteroatoms. The van der Waals surface area contributed by atoms with E-state index < -0.39 is 17.6 Å². The molecule has 4 rings (SSSR count). The Hall–Kier alpha value is -3.52. The van der Waals surface area contributed by atoms with Gasteiger partial charge in [-0.1, -0.05) is 15.9 Å². The van der Waals surface area contributed by atoms with Crippen LogP contribution in [0.2, 0.25) is 0 Å². The maximum Gasteiger partial charge on any atom is 0.337 e. The summed E-state index contributed by atoms with van der Waals surface area (Å²) in [6, 6.07) is 14.1. The molecular weight excluding hydrogens is 482 g/mol. The average molecular weight is 499 g/mol. The molecule has 4 aromatic rings. The van der Waals surface area contributed by atoms with Gasteiger partial charge in [0, 0.05) is 33.6 Å². The summed E-state index contributed by atoms with van der Waals surface area (Å²) in [4.78, 5) is 15.5. The number of rotatable bonds is 6. The molecule has 0 saturated heterocycles. The predicted molar refractivity (Wildman–Crippen MR) is 119 cm³/mol. The number of aromatic carboxylic acids is 1. The number of ether oxygens (including phenoxy) is 1. The van der Waals surface area contributed by atoms with Crippen molar-refractivity contribution in [2.75, 3.05) is 0 Å². The van der Waals surface area contributed by atoms with Gasteiger partial charge in [0.15, 0.2) is 0 Å². The van der Waals surface area contributed by atoms with E-state index in [0.717, 1.165) is 21.9 Å². The minimum atomic E-state index is -1.07. The fourth-order valence-electron chi connectivity index (χ4n) is 3.38. The number of halogens is 3. The molecule has 1 N–H and O–H groups in total. The molecule has 2 aromatic heterocycles. The molecule has 0 unspecified atom stereocenters. The molecule has 5 nitrogen and oxygen atoms in total. The normalized spacial score (nSPS) is 10.9. The number of aromatic nitrogens is 2. The van der Waals surface area contributed by atoms with Gasteiger partial charge in [0.2, 0.25) is 0 Å². The van der Waals surface area contributed by atoms with Gasteiger partial charge in [-0.15, -0.1) is 0 Å². The first-order chi connectivity index (χ1) is 15.3. The number of aryl methyl sites for hydroxylation is 1. The maximum absolute atomic E-state index is 14.0. The molecule has 0 spiro atoms. The minimum absolute atomic E-state index is 0.0686. The number of benzene rings is 2. The van der Waals surface area contributed by atoms with Crippen molar-refractivity contribution in [1.82, 2.24) is 9.55 Å². The first-order valence-corrected chi connectivity index (χ1v) is 10.4. The molecule has 162 valence electrons. The Kier molecular flexibility index (Phi) is 6.05. The van der Waals surface area contributed by atoms with E-state index in [4.69, 9.17) is 4.74 Å². The second-order valence-electron chi connectivity index (χ2n) is 7.10.